The molecule has 0 aromatic heterocycles. The second kappa shape index (κ2) is 4.19. The van der Waals surface area contributed by atoms with Crippen LogP contribution in [0.1, 0.15) is 24.2 Å². The number of methoxy groups -OCH3 is 1. The monoisotopic (exact) mass is 195 g/mol. The highest BCUT2D eigenvalue weighted by molar-refractivity contribution is 5.43. The lowest BCUT2D eigenvalue weighted by Crippen LogP contribution is -2.01. The molecule has 4 nitrogen and oxygen atoms in total. The second-order valence-electron chi connectivity index (χ2n) is 3.20. The lowest BCUT2D eigenvalue weighted by atomic mass is 10.1. The number of ether oxygens (including phenoxy) is 1. The highest BCUT2D eigenvalue weighted by Gasteiger charge is 2.18. The van der Waals surface area contributed by atoms with Gasteiger partial charge in [0, 0.05) is 13.2 Å². The SMILES string of the molecule is COC(C)c1cc(C)ccc1[N+](=O)[O-]. The van der Waals surface area contributed by atoms with Gasteiger partial charge in [0.05, 0.1) is 16.6 Å². The number of hydrogen-bond donors (Lipinski definition) is 0. The number of rotatable bonds is 3. The van der Waals surface area contributed by atoms with E-state index < -0.39 is 0 Å². The Labute approximate surface area is 82.7 Å². The van der Waals surface area contributed by atoms with Crippen LogP contribution >= 0.6 is 0 Å². The normalized spacial score (nSPS) is 12.5. The maximum atomic E-state index is 10.7. The number of nitrogens with zero attached hydrogens (tertiary/aromatic N) is 1. The summed E-state index contributed by atoms with van der Waals surface area (Å²) in [6, 6.07) is 5.02. The molecule has 14 heavy (non-hydrogen) atoms. The molecule has 1 rings (SSSR count). The number of nitro groups is 1. The van der Waals surface area contributed by atoms with Gasteiger partial charge < -0.3 is 4.74 Å². The van der Waals surface area contributed by atoms with Gasteiger partial charge in [-0.15, -0.1) is 0 Å². The quantitative estimate of drug-likeness (QED) is 0.550. The van der Waals surface area contributed by atoms with Gasteiger partial charge in [0.25, 0.3) is 5.69 Å². The first-order valence-corrected chi connectivity index (χ1v) is 4.34. The van der Waals surface area contributed by atoms with E-state index in [0.29, 0.717) is 5.56 Å². The van der Waals surface area contributed by atoms with Crippen LogP contribution in [0.2, 0.25) is 0 Å². The molecule has 1 aromatic rings. The van der Waals surface area contributed by atoms with Gasteiger partial charge >= 0.3 is 0 Å². The fourth-order valence-electron chi connectivity index (χ4n) is 1.29. The number of aryl methyl sites for hydroxylation is 1. The minimum atomic E-state index is -0.385. The Kier molecular flexibility index (Phi) is 3.19. The molecular weight excluding hydrogens is 182 g/mol. The van der Waals surface area contributed by atoms with Crippen LogP contribution in [0.5, 0.6) is 0 Å². The van der Waals surface area contributed by atoms with E-state index in [0.717, 1.165) is 5.56 Å². The van der Waals surface area contributed by atoms with Crippen LogP contribution in [0.25, 0.3) is 0 Å². The second-order valence-corrected chi connectivity index (χ2v) is 3.20. The summed E-state index contributed by atoms with van der Waals surface area (Å²) < 4.78 is 5.08. The van der Waals surface area contributed by atoms with E-state index in [9.17, 15) is 10.1 Å². The van der Waals surface area contributed by atoms with E-state index in [-0.39, 0.29) is 16.7 Å². The molecule has 0 heterocycles. The molecule has 0 saturated heterocycles. The van der Waals surface area contributed by atoms with Crippen molar-refractivity contribution >= 4 is 5.69 Å². The third kappa shape index (κ3) is 2.09. The summed E-state index contributed by atoms with van der Waals surface area (Å²) in [6.45, 7) is 3.69. The van der Waals surface area contributed by atoms with Gasteiger partial charge in [-0.1, -0.05) is 11.6 Å². The Bertz CT molecular complexity index is 349. The molecule has 1 atom stereocenters. The van der Waals surface area contributed by atoms with Crippen molar-refractivity contribution in [1.82, 2.24) is 0 Å². The van der Waals surface area contributed by atoms with Crippen LogP contribution in [0.15, 0.2) is 18.2 Å². The Morgan fingerprint density at radius 3 is 2.64 bits per heavy atom. The molecule has 0 aliphatic heterocycles. The summed E-state index contributed by atoms with van der Waals surface area (Å²) in [7, 11) is 1.54. The third-order valence-corrected chi connectivity index (χ3v) is 2.17. The number of hydrogen-bond acceptors (Lipinski definition) is 3. The van der Waals surface area contributed by atoms with Crippen LogP contribution in [-0.2, 0) is 4.74 Å². The van der Waals surface area contributed by atoms with E-state index in [1.807, 2.05) is 6.92 Å². The molecule has 0 bridgehead atoms. The summed E-state index contributed by atoms with van der Waals surface area (Å²) in [5.41, 5.74) is 1.73. The first kappa shape index (κ1) is 10.7. The van der Waals surface area contributed by atoms with Crippen LogP contribution in [-0.4, -0.2) is 12.0 Å². The standard InChI is InChI=1S/C10H13NO3/c1-7-4-5-10(11(12)13)9(6-7)8(2)14-3/h4-6,8H,1-3H3. The van der Waals surface area contributed by atoms with Crippen molar-refractivity contribution in [2.45, 2.75) is 20.0 Å². The van der Waals surface area contributed by atoms with E-state index in [2.05, 4.69) is 0 Å². The molecule has 0 spiro atoms. The smallest absolute Gasteiger partial charge is 0.275 e. The van der Waals surface area contributed by atoms with Crippen molar-refractivity contribution in [2.24, 2.45) is 0 Å². The average Bonchev–Trinajstić information content (AvgIpc) is 2.16. The molecule has 1 aromatic carbocycles. The van der Waals surface area contributed by atoms with Crippen molar-refractivity contribution in [1.29, 1.82) is 0 Å². The van der Waals surface area contributed by atoms with Crippen molar-refractivity contribution < 1.29 is 9.66 Å². The molecule has 0 saturated carbocycles. The highest BCUT2D eigenvalue weighted by Crippen LogP contribution is 2.27. The topological polar surface area (TPSA) is 52.4 Å². The van der Waals surface area contributed by atoms with Gasteiger partial charge in [0.1, 0.15) is 0 Å². The predicted molar refractivity (Wildman–Crippen MR) is 53.3 cm³/mol. The van der Waals surface area contributed by atoms with Crippen LogP contribution in [0, 0.1) is 17.0 Å². The maximum absolute atomic E-state index is 10.7. The first-order chi connectivity index (χ1) is 6.56. The summed E-state index contributed by atoms with van der Waals surface area (Å²) in [5.74, 6) is 0. The maximum Gasteiger partial charge on any atom is 0.275 e. The zero-order valence-corrected chi connectivity index (χ0v) is 8.48. The zero-order chi connectivity index (χ0) is 10.7. The van der Waals surface area contributed by atoms with Gasteiger partial charge in [0.2, 0.25) is 0 Å². The van der Waals surface area contributed by atoms with Gasteiger partial charge in [-0.25, -0.2) is 0 Å². The first-order valence-electron chi connectivity index (χ1n) is 4.34. The zero-order valence-electron chi connectivity index (χ0n) is 8.48. The molecule has 0 N–H and O–H groups in total. The van der Waals surface area contributed by atoms with E-state index in [1.54, 1.807) is 19.1 Å². The summed E-state index contributed by atoms with van der Waals surface area (Å²) in [6.07, 6.45) is -0.254. The third-order valence-electron chi connectivity index (χ3n) is 2.17. The lowest BCUT2D eigenvalue weighted by Gasteiger charge is -2.10. The Morgan fingerprint density at radius 1 is 1.50 bits per heavy atom. The van der Waals surface area contributed by atoms with Crippen molar-refractivity contribution in [3.63, 3.8) is 0 Å². The molecule has 0 fully saturated rings. The largest absolute Gasteiger partial charge is 0.377 e. The summed E-state index contributed by atoms with van der Waals surface area (Å²) >= 11 is 0. The van der Waals surface area contributed by atoms with E-state index >= 15 is 0 Å². The van der Waals surface area contributed by atoms with Gasteiger partial charge in [-0.3, -0.25) is 10.1 Å². The molecule has 0 aliphatic rings. The lowest BCUT2D eigenvalue weighted by molar-refractivity contribution is -0.386. The molecule has 4 heteroatoms. The molecular formula is C10H13NO3. The molecule has 1 unspecified atom stereocenters. The van der Waals surface area contributed by atoms with Gasteiger partial charge in [0.15, 0.2) is 0 Å². The highest BCUT2D eigenvalue weighted by atomic mass is 16.6. The van der Waals surface area contributed by atoms with Crippen molar-refractivity contribution in [3.05, 3.63) is 39.4 Å². The molecule has 0 aliphatic carbocycles. The minimum Gasteiger partial charge on any atom is -0.377 e. The van der Waals surface area contributed by atoms with Gasteiger partial charge in [-0.2, -0.15) is 0 Å². The number of benzene rings is 1. The Morgan fingerprint density at radius 2 is 2.14 bits per heavy atom. The summed E-state index contributed by atoms with van der Waals surface area (Å²) in [5, 5.41) is 10.7. The Balaban J connectivity index is 3.22. The van der Waals surface area contributed by atoms with E-state index in [1.165, 1.54) is 13.2 Å². The number of nitro benzene ring substituents is 1. The van der Waals surface area contributed by atoms with Crippen LogP contribution in [0.4, 0.5) is 5.69 Å². The van der Waals surface area contributed by atoms with E-state index in [4.69, 9.17) is 4.74 Å². The predicted octanol–water partition coefficient (Wildman–Crippen LogP) is 2.61. The van der Waals surface area contributed by atoms with Crippen molar-refractivity contribution in [2.75, 3.05) is 7.11 Å². The fourth-order valence-corrected chi connectivity index (χ4v) is 1.29. The fraction of sp³-hybridized carbons (Fsp3) is 0.400. The molecule has 0 radical (unpaired) electrons. The van der Waals surface area contributed by atoms with Crippen molar-refractivity contribution in [3.8, 4) is 0 Å². The average molecular weight is 195 g/mol. The van der Waals surface area contributed by atoms with Gasteiger partial charge in [-0.05, 0) is 19.9 Å². The summed E-state index contributed by atoms with van der Waals surface area (Å²) in [4.78, 5) is 10.3. The minimum absolute atomic E-state index is 0.116. The Hall–Kier alpha value is -1.42. The molecule has 0 amide bonds. The van der Waals surface area contributed by atoms with Crippen LogP contribution in [0.3, 0.4) is 0 Å². The molecule has 76 valence electrons. The van der Waals surface area contributed by atoms with Crippen LogP contribution < -0.4 is 0 Å².